The molecule has 1 aliphatic heterocycles. The van der Waals surface area contributed by atoms with Gasteiger partial charge in [-0.1, -0.05) is 0 Å². The first-order chi connectivity index (χ1) is 16.7. The van der Waals surface area contributed by atoms with Gasteiger partial charge in [0.05, 0.1) is 29.8 Å². The minimum Gasteiger partial charge on any atom is -0.454 e. The highest BCUT2D eigenvalue weighted by molar-refractivity contribution is 7.81. The topological polar surface area (TPSA) is 95.2 Å². The molecule has 0 atom stereocenters. The molecule has 3 aromatic rings. The first kappa shape index (κ1) is 22.7. The number of aromatic nitrogens is 3. The number of rotatable bonds is 4. The van der Waals surface area contributed by atoms with Crippen molar-refractivity contribution in [3.8, 4) is 17.6 Å². The largest absolute Gasteiger partial charge is 0.454 e. The molecule has 0 N–H and O–H groups in total. The molecule has 0 bridgehead atoms. The molecule has 5 rings (SSSR count). The number of benzene rings is 1. The van der Waals surface area contributed by atoms with Crippen molar-refractivity contribution in [2.24, 2.45) is 0 Å². The Morgan fingerprint density at radius 1 is 1.06 bits per heavy atom. The second-order valence-corrected chi connectivity index (χ2v) is 8.38. The number of hydrogen-bond acceptors (Lipinski definition) is 7. The molecule has 1 aromatic carbocycles. The van der Waals surface area contributed by atoms with E-state index in [9.17, 15) is 18.0 Å². The summed E-state index contributed by atoms with van der Waals surface area (Å²) >= 11 is 5.60. The molecule has 1 saturated heterocycles. The van der Waals surface area contributed by atoms with Gasteiger partial charge >= 0.3 is 6.18 Å². The van der Waals surface area contributed by atoms with Crippen molar-refractivity contribution in [2.75, 3.05) is 9.80 Å². The van der Waals surface area contributed by atoms with Crippen LogP contribution in [0.3, 0.4) is 0 Å². The number of halogens is 3. The van der Waals surface area contributed by atoms with Crippen molar-refractivity contribution < 1.29 is 22.7 Å². The summed E-state index contributed by atoms with van der Waals surface area (Å²) in [6.07, 6.45) is 2.42. The molecule has 35 heavy (non-hydrogen) atoms. The van der Waals surface area contributed by atoms with E-state index in [1.54, 1.807) is 29.2 Å². The summed E-state index contributed by atoms with van der Waals surface area (Å²) < 4.78 is 46.2. The van der Waals surface area contributed by atoms with Crippen molar-refractivity contribution in [3.63, 3.8) is 0 Å². The lowest BCUT2D eigenvalue weighted by Gasteiger charge is -2.43. The maximum atomic E-state index is 13.5. The number of nitriles is 1. The first-order valence-corrected chi connectivity index (χ1v) is 10.8. The zero-order chi connectivity index (χ0) is 24.8. The second kappa shape index (κ2) is 8.28. The minimum atomic E-state index is -4.81. The van der Waals surface area contributed by atoms with E-state index in [4.69, 9.17) is 22.2 Å². The molecule has 3 heterocycles. The van der Waals surface area contributed by atoms with E-state index in [1.165, 1.54) is 24.8 Å². The number of hydrogen-bond donors (Lipinski definition) is 0. The summed E-state index contributed by atoms with van der Waals surface area (Å²) in [5.41, 5.74) is -2.52. The van der Waals surface area contributed by atoms with Crippen LogP contribution in [-0.2, 0) is 11.0 Å². The van der Waals surface area contributed by atoms with Crippen LogP contribution >= 0.6 is 12.2 Å². The predicted octanol–water partition coefficient (Wildman–Crippen LogP) is 4.62. The van der Waals surface area contributed by atoms with Gasteiger partial charge in [-0.15, -0.1) is 0 Å². The summed E-state index contributed by atoms with van der Waals surface area (Å²) in [6, 6.07) is 9.01. The number of thiocarbonyl (C=S) groups is 1. The number of ether oxygens (including phenoxy) is 1. The highest BCUT2D eigenvalue weighted by atomic mass is 32.1. The standard InChI is InChI=1S/C23H15F3N6O2S/c24-23(25,26)18-8-15(10-30-19(18)9-27)31-20(33)22(6-1-7-22)32(21(31)35)14-2-4-16(5-3-14)34-17-11-28-13-29-12-17/h2-5,8,10-13H,1,6-7H2. The van der Waals surface area contributed by atoms with Crippen LogP contribution in [0.4, 0.5) is 24.5 Å². The SMILES string of the molecule is N#Cc1ncc(N2C(=O)C3(CCC3)N(c3ccc(Oc4cncnc4)cc3)C2=S)cc1C(F)(F)F. The van der Waals surface area contributed by atoms with Crippen LogP contribution in [0.2, 0.25) is 0 Å². The van der Waals surface area contributed by atoms with Crippen LogP contribution in [0, 0.1) is 11.3 Å². The Bertz CT molecular complexity index is 1350. The highest BCUT2D eigenvalue weighted by Gasteiger charge is 2.59. The van der Waals surface area contributed by atoms with Crippen molar-refractivity contribution in [1.29, 1.82) is 5.26 Å². The molecule has 1 amide bonds. The molecule has 12 heteroatoms. The van der Waals surface area contributed by atoms with Gasteiger partial charge in [0.1, 0.15) is 23.7 Å². The Morgan fingerprint density at radius 3 is 2.31 bits per heavy atom. The Balaban J connectivity index is 1.49. The van der Waals surface area contributed by atoms with Crippen LogP contribution in [0.5, 0.6) is 11.5 Å². The third-order valence-electron chi connectivity index (χ3n) is 6.00. The molecule has 176 valence electrons. The average molecular weight is 496 g/mol. The van der Waals surface area contributed by atoms with E-state index >= 15 is 0 Å². The van der Waals surface area contributed by atoms with Crippen molar-refractivity contribution in [1.82, 2.24) is 15.0 Å². The van der Waals surface area contributed by atoms with Gasteiger partial charge in [-0.3, -0.25) is 9.69 Å². The fraction of sp³-hybridized carbons (Fsp3) is 0.217. The summed E-state index contributed by atoms with van der Waals surface area (Å²) in [6.45, 7) is 0. The molecule has 2 fully saturated rings. The maximum Gasteiger partial charge on any atom is 0.419 e. The van der Waals surface area contributed by atoms with Crippen LogP contribution < -0.4 is 14.5 Å². The third kappa shape index (κ3) is 3.74. The van der Waals surface area contributed by atoms with E-state index < -0.39 is 28.9 Å². The lowest BCUT2D eigenvalue weighted by atomic mass is 9.75. The monoisotopic (exact) mass is 496 g/mol. The lowest BCUT2D eigenvalue weighted by molar-refractivity contribution is -0.138. The number of carbonyl (C=O) groups excluding carboxylic acids is 1. The summed E-state index contributed by atoms with van der Waals surface area (Å²) in [5, 5.41) is 9.08. The number of alkyl halides is 3. The highest BCUT2D eigenvalue weighted by Crippen LogP contribution is 2.48. The number of pyridine rings is 1. The fourth-order valence-electron chi connectivity index (χ4n) is 4.23. The molecule has 1 aliphatic carbocycles. The van der Waals surface area contributed by atoms with Crippen molar-refractivity contribution in [2.45, 2.75) is 31.0 Å². The van der Waals surface area contributed by atoms with E-state index in [0.29, 0.717) is 30.0 Å². The molecule has 1 saturated carbocycles. The van der Waals surface area contributed by atoms with Gasteiger partial charge in [-0.05, 0) is 61.8 Å². The van der Waals surface area contributed by atoms with Crippen LogP contribution in [-0.4, -0.2) is 31.5 Å². The summed E-state index contributed by atoms with van der Waals surface area (Å²) in [5.74, 6) is 0.531. The van der Waals surface area contributed by atoms with Crippen LogP contribution in [0.25, 0.3) is 0 Å². The smallest absolute Gasteiger partial charge is 0.419 e. The van der Waals surface area contributed by atoms with E-state index in [-0.39, 0.29) is 10.8 Å². The van der Waals surface area contributed by atoms with Crippen molar-refractivity contribution in [3.05, 3.63) is 66.5 Å². The average Bonchev–Trinajstić information content (AvgIpc) is 3.06. The molecule has 1 spiro atoms. The summed E-state index contributed by atoms with van der Waals surface area (Å²) in [7, 11) is 0. The number of amides is 1. The van der Waals surface area contributed by atoms with Gasteiger partial charge in [-0.2, -0.15) is 18.4 Å². The van der Waals surface area contributed by atoms with E-state index in [0.717, 1.165) is 23.6 Å². The predicted molar refractivity (Wildman–Crippen MR) is 122 cm³/mol. The van der Waals surface area contributed by atoms with E-state index in [1.807, 2.05) is 0 Å². The van der Waals surface area contributed by atoms with Gasteiger partial charge in [0.15, 0.2) is 16.6 Å². The Hall–Kier alpha value is -4.11. The third-order valence-corrected chi connectivity index (χ3v) is 6.37. The number of anilines is 2. The number of carbonyl (C=O) groups is 1. The zero-order valence-electron chi connectivity index (χ0n) is 17.9. The van der Waals surface area contributed by atoms with Gasteiger partial charge < -0.3 is 9.64 Å². The summed E-state index contributed by atoms with van der Waals surface area (Å²) in [4.78, 5) is 27.7. The Morgan fingerprint density at radius 2 is 1.74 bits per heavy atom. The zero-order valence-corrected chi connectivity index (χ0v) is 18.7. The number of nitrogens with zero attached hydrogens (tertiary/aromatic N) is 6. The molecule has 8 nitrogen and oxygen atoms in total. The van der Waals surface area contributed by atoms with Crippen LogP contribution in [0.1, 0.15) is 30.5 Å². The van der Waals surface area contributed by atoms with Gasteiger partial charge in [0.25, 0.3) is 5.91 Å². The molecular formula is C23H15F3N6O2S. The molecule has 2 aliphatic rings. The second-order valence-electron chi connectivity index (χ2n) is 8.01. The fourth-order valence-corrected chi connectivity index (χ4v) is 4.70. The normalized spacial score (nSPS) is 16.9. The lowest BCUT2D eigenvalue weighted by Crippen LogP contribution is -2.55. The Labute approximate surface area is 202 Å². The van der Waals surface area contributed by atoms with Crippen molar-refractivity contribution >= 4 is 34.6 Å². The minimum absolute atomic E-state index is 0.0412. The molecular weight excluding hydrogens is 481 g/mol. The molecule has 0 unspecified atom stereocenters. The first-order valence-electron chi connectivity index (χ1n) is 10.4. The molecule has 2 aromatic heterocycles. The van der Waals surface area contributed by atoms with E-state index in [2.05, 4.69) is 15.0 Å². The van der Waals surface area contributed by atoms with Gasteiger partial charge in [-0.25, -0.2) is 15.0 Å². The van der Waals surface area contributed by atoms with Crippen LogP contribution in [0.15, 0.2) is 55.2 Å². The maximum absolute atomic E-state index is 13.5. The Kier molecular flexibility index (Phi) is 5.36. The van der Waals surface area contributed by atoms with Gasteiger partial charge in [0, 0.05) is 5.69 Å². The quantitative estimate of drug-likeness (QED) is 0.483. The van der Waals surface area contributed by atoms with Gasteiger partial charge in [0.2, 0.25) is 0 Å². The molecule has 0 radical (unpaired) electrons.